The predicted octanol–water partition coefficient (Wildman–Crippen LogP) is 3.92. The van der Waals surface area contributed by atoms with Gasteiger partial charge >= 0.3 is 0 Å². The van der Waals surface area contributed by atoms with Crippen molar-refractivity contribution in [2.45, 2.75) is 45.3 Å². The Morgan fingerprint density at radius 3 is 2.32 bits per heavy atom. The highest BCUT2D eigenvalue weighted by atomic mass is 32.1. The van der Waals surface area contributed by atoms with Crippen LogP contribution in [0.5, 0.6) is 0 Å². The molecule has 2 aliphatic rings. The zero-order valence-electron chi connectivity index (χ0n) is 18.9. The number of hydrogen-bond donors (Lipinski definition) is 2. The molecule has 0 saturated carbocycles. The Bertz CT molecular complexity index is 788. The number of nitrogens with one attached hydrogen (secondary N) is 2. The summed E-state index contributed by atoms with van der Waals surface area (Å²) < 4.78 is 0. The van der Waals surface area contributed by atoms with Gasteiger partial charge in [-0.25, -0.2) is 0 Å². The normalized spacial score (nSPS) is 19.1. The first-order chi connectivity index (χ1) is 15.3. The fraction of sp³-hybridized carbons (Fsp3) is 0.560. The quantitative estimate of drug-likeness (QED) is 0.483. The van der Waals surface area contributed by atoms with E-state index >= 15 is 0 Å². The number of hydrogen-bond acceptors (Lipinski definition) is 4. The molecule has 4 rings (SSSR count). The maximum Gasteiger partial charge on any atom is 0.191 e. The van der Waals surface area contributed by atoms with Gasteiger partial charge in [0.2, 0.25) is 0 Å². The lowest BCUT2D eigenvalue weighted by Gasteiger charge is -2.32. The van der Waals surface area contributed by atoms with Crippen LogP contribution in [-0.2, 0) is 19.6 Å². The van der Waals surface area contributed by atoms with Crippen LogP contribution in [0.3, 0.4) is 0 Å². The van der Waals surface area contributed by atoms with Crippen LogP contribution in [0, 0.1) is 5.92 Å². The van der Waals surface area contributed by atoms with Crippen LogP contribution in [0.2, 0.25) is 0 Å². The van der Waals surface area contributed by atoms with Crippen molar-refractivity contribution in [3.05, 3.63) is 57.8 Å². The van der Waals surface area contributed by atoms with Crippen LogP contribution in [0.1, 0.15) is 41.7 Å². The number of thiophene rings is 1. The molecule has 2 aliphatic heterocycles. The largest absolute Gasteiger partial charge is 0.356 e. The average molecular weight is 440 g/mol. The third kappa shape index (κ3) is 7.06. The van der Waals surface area contributed by atoms with Crippen molar-refractivity contribution in [2.75, 3.05) is 39.8 Å². The Morgan fingerprint density at radius 1 is 0.935 bits per heavy atom. The average Bonchev–Trinajstić information content (AvgIpc) is 3.50. The molecule has 0 unspecified atom stereocenters. The fourth-order valence-electron chi connectivity index (χ4n) is 4.58. The Morgan fingerprint density at radius 2 is 1.65 bits per heavy atom. The summed E-state index contributed by atoms with van der Waals surface area (Å²) in [5.74, 6) is 1.63. The van der Waals surface area contributed by atoms with Crippen LogP contribution < -0.4 is 10.6 Å². The van der Waals surface area contributed by atoms with Gasteiger partial charge in [0.25, 0.3) is 0 Å². The molecular formula is C25H37N5S. The molecule has 2 aromatic rings. The molecule has 0 spiro atoms. The van der Waals surface area contributed by atoms with Gasteiger partial charge in [-0.3, -0.25) is 14.8 Å². The summed E-state index contributed by atoms with van der Waals surface area (Å²) in [5, 5.41) is 9.20. The Kier molecular flexibility index (Phi) is 8.38. The van der Waals surface area contributed by atoms with E-state index in [2.05, 4.69) is 67.2 Å². The highest BCUT2D eigenvalue weighted by Gasteiger charge is 2.19. The second kappa shape index (κ2) is 11.7. The van der Waals surface area contributed by atoms with Crippen molar-refractivity contribution in [3.63, 3.8) is 0 Å². The van der Waals surface area contributed by atoms with Crippen molar-refractivity contribution in [1.82, 2.24) is 20.4 Å². The number of aliphatic imine (C=N–C) groups is 1. The molecule has 2 N–H and O–H groups in total. The van der Waals surface area contributed by atoms with Gasteiger partial charge in [0, 0.05) is 38.1 Å². The molecule has 1 aromatic heterocycles. The molecule has 0 radical (unpaired) electrons. The van der Waals surface area contributed by atoms with E-state index in [1.54, 1.807) is 0 Å². The van der Waals surface area contributed by atoms with E-state index in [4.69, 9.17) is 0 Å². The van der Waals surface area contributed by atoms with E-state index in [0.717, 1.165) is 38.1 Å². The first-order valence-corrected chi connectivity index (χ1v) is 12.7. The Hall–Kier alpha value is -1.89. The second-order valence-corrected chi connectivity index (χ2v) is 9.94. The van der Waals surface area contributed by atoms with Gasteiger partial charge in [-0.2, -0.15) is 0 Å². The summed E-state index contributed by atoms with van der Waals surface area (Å²) >= 11 is 1.87. The van der Waals surface area contributed by atoms with E-state index in [1.807, 2.05) is 18.4 Å². The van der Waals surface area contributed by atoms with Gasteiger partial charge in [-0.15, -0.1) is 11.3 Å². The molecule has 0 atom stereocenters. The maximum absolute atomic E-state index is 4.42. The number of piperidine rings is 1. The smallest absolute Gasteiger partial charge is 0.191 e. The Balaban J connectivity index is 1.14. The zero-order chi connectivity index (χ0) is 21.3. The molecule has 1 aromatic carbocycles. The van der Waals surface area contributed by atoms with Crippen molar-refractivity contribution < 1.29 is 0 Å². The van der Waals surface area contributed by atoms with E-state index < -0.39 is 0 Å². The van der Waals surface area contributed by atoms with Gasteiger partial charge in [0.05, 0.1) is 0 Å². The molecule has 3 heterocycles. The first-order valence-electron chi connectivity index (χ1n) is 11.8. The van der Waals surface area contributed by atoms with E-state index in [-0.39, 0.29) is 0 Å². The molecule has 31 heavy (non-hydrogen) atoms. The van der Waals surface area contributed by atoms with Gasteiger partial charge in [-0.1, -0.05) is 30.3 Å². The van der Waals surface area contributed by atoms with E-state index in [0.29, 0.717) is 0 Å². The standard InChI is InChI=1S/C25H37N5S/c1-26-25(27-17-21-6-8-23(9-7-21)19-29-12-2-3-13-29)28-18-22-10-14-30(15-11-22)20-24-5-4-16-31-24/h4-9,16,22H,2-3,10-15,17-20H2,1H3,(H2,26,27,28). The molecule has 168 valence electrons. The third-order valence-electron chi connectivity index (χ3n) is 6.54. The van der Waals surface area contributed by atoms with Gasteiger partial charge in [0.15, 0.2) is 5.96 Å². The molecule has 6 heteroatoms. The van der Waals surface area contributed by atoms with E-state index in [1.165, 1.54) is 67.9 Å². The zero-order valence-corrected chi connectivity index (χ0v) is 19.7. The van der Waals surface area contributed by atoms with Crippen molar-refractivity contribution in [1.29, 1.82) is 0 Å². The van der Waals surface area contributed by atoms with Crippen LogP contribution in [0.25, 0.3) is 0 Å². The highest BCUT2D eigenvalue weighted by molar-refractivity contribution is 7.09. The third-order valence-corrected chi connectivity index (χ3v) is 7.40. The van der Waals surface area contributed by atoms with Crippen LogP contribution >= 0.6 is 11.3 Å². The predicted molar refractivity (Wildman–Crippen MR) is 131 cm³/mol. The molecule has 0 aliphatic carbocycles. The molecule has 2 saturated heterocycles. The van der Waals surface area contributed by atoms with Crippen LogP contribution in [-0.4, -0.2) is 55.5 Å². The lowest BCUT2D eigenvalue weighted by molar-refractivity contribution is 0.179. The number of likely N-dealkylation sites (tertiary alicyclic amines) is 2. The molecule has 0 amide bonds. The summed E-state index contributed by atoms with van der Waals surface area (Å²) in [6.45, 7) is 8.89. The van der Waals surface area contributed by atoms with Crippen molar-refractivity contribution >= 4 is 17.3 Å². The topological polar surface area (TPSA) is 42.9 Å². The van der Waals surface area contributed by atoms with E-state index in [9.17, 15) is 0 Å². The summed E-state index contributed by atoms with van der Waals surface area (Å²) in [6.07, 6.45) is 5.21. The minimum atomic E-state index is 0.725. The summed E-state index contributed by atoms with van der Waals surface area (Å²) in [4.78, 5) is 11.0. The second-order valence-electron chi connectivity index (χ2n) is 8.91. The monoisotopic (exact) mass is 439 g/mol. The molecule has 0 bridgehead atoms. The molecule has 5 nitrogen and oxygen atoms in total. The number of nitrogens with zero attached hydrogens (tertiary/aromatic N) is 3. The SMILES string of the molecule is CN=C(NCc1ccc(CN2CCCC2)cc1)NCC1CCN(Cc2cccs2)CC1. The molecular weight excluding hydrogens is 402 g/mol. The lowest BCUT2D eigenvalue weighted by Crippen LogP contribution is -2.42. The van der Waals surface area contributed by atoms with Crippen LogP contribution in [0.4, 0.5) is 0 Å². The number of rotatable bonds is 8. The number of benzene rings is 1. The maximum atomic E-state index is 4.42. The summed E-state index contributed by atoms with van der Waals surface area (Å²) in [7, 11) is 1.86. The van der Waals surface area contributed by atoms with Crippen molar-refractivity contribution in [2.24, 2.45) is 10.9 Å². The highest BCUT2D eigenvalue weighted by Crippen LogP contribution is 2.20. The Labute approximate surface area is 191 Å². The first kappa shape index (κ1) is 22.3. The minimum Gasteiger partial charge on any atom is -0.356 e. The fourth-order valence-corrected chi connectivity index (χ4v) is 5.33. The molecule has 2 fully saturated rings. The van der Waals surface area contributed by atoms with Crippen LogP contribution in [0.15, 0.2) is 46.8 Å². The summed E-state index contributed by atoms with van der Waals surface area (Å²) in [6, 6.07) is 13.4. The van der Waals surface area contributed by atoms with Gasteiger partial charge in [-0.05, 0) is 80.4 Å². The summed E-state index contributed by atoms with van der Waals surface area (Å²) in [5.41, 5.74) is 2.72. The van der Waals surface area contributed by atoms with Crippen molar-refractivity contribution in [3.8, 4) is 0 Å². The van der Waals surface area contributed by atoms with Gasteiger partial charge < -0.3 is 10.6 Å². The minimum absolute atomic E-state index is 0.725. The van der Waals surface area contributed by atoms with Gasteiger partial charge in [0.1, 0.15) is 0 Å². The number of guanidine groups is 1. The lowest BCUT2D eigenvalue weighted by atomic mass is 9.97.